The molecule has 0 aliphatic carbocycles. The molecular formula is C9H8ClN3O2. The molecule has 2 rings (SSSR count). The number of carbonyl (C=O) groups is 1. The Bertz CT molecular complexity index is 450. The molecule has 0 fully saturated rings. The van der Waals surface area contributed by atoms with Crippen LogP contribution in [0.3, 0.4) is 0 Å². The molecule has 15 heavy (non-hydrogen) atoms. The van der Waals surface area contributed by atoms with E-state index in [0.717, 1.165) is 5.56 Å². The lowest BCUT2D eigenvalue weighted by Crippen LogP contribution is -2.22. The van der Waals surface area contributed by atoms with E-state index in [0.29, 0.717) is 12.1 Å². The molecule has 0 saturated heterocycles. The number of nitrogens with zero attached hydrogens (tertiary/aromatic N) is 1. The van der Waals surface area contributed by atoms with Gasteiger partial charge in [0.2, 0.25) is 5.22 Å². The molecule has 2 N–H and O–H groups in total. The zero-order chi connectivity index (χ0) is 10.7. The molecule has 78 valence electrons. The van der Waals surface area contributed by atoms with Crippen molar-refractivity contribution in [3.05, 3.63) is 41.1 Å². The van der Waals surface area contributed by atoms with Crippen molar-refractivity contribution in [2.45, 2.75) is 6.54 Å². The van der Waals surface area contributed by atoms with Crippen molar-refractivity contribution in [3.63, 3.8) is 0 Å². The average molecular weight is 226 g/mol. The topological polar surface area (TPSA) is 70.9 Å². The Kier molecular flexibility index (Phi) is 2.73. The Morgan fingerprint density at radius 3 is 3.13 bits per heavy atom. The van der Waals surface area contributed by atoms with Crippen LogP contribution in [0.5, 0.6) is 0 Å². The van der Waals surface area contributed by atoms with Crippen LogP contribution in [0, 0.1) is 0 Å². The first-order valence-corrected chi connectivity index (χ1v) is 4.64. The van der Waals surface area contributed by atoms with Crippen LogP contribution in [-0.4, -0.2) is 16.1 Å². The SMILES string of the molecule is O=C(NCc1cn[nH]c1)c1ccoc1Cl. The van der Waals surface area contributed by atoms with Crippen molar-refractivity contribution >= 4 is 17.5 Å². The summed E-state index contributed by atoms with van der Waals surface area (Å²) in [6, 6.07) is 1.52. The molecule has 5 nitrogen and oxygen atoms in total. The number of hydrogen-bond acceptors (Lipinski definition) is 3. The van der Waals surface area contributed by atoms with Gasteiger partial charge >= 0.3 is 0 Å². The summed E-state index contributed by atoms with van der Waals surface area (Å²) >= 11 is 5.65. The lowest BCUT2D eigenvalue weighted by molar-refractivity contribution is 0.0950. The molecule has 0 saturated carbocycles. The summed E-state index contributed by atoms with van der Waals surface area (Å²) in [4.78, 5) is 11.5. The number of halogens is 1. The van der Waals surface area contributed by atoms with Gasteiger partial charge in [-0.3, -0.25) is 9.89 Å². The van der Waals surface area contributed by atoms with Gasteiger partial charge in [0.25, 0.3) is 5.91 Å². The molecule has 1 amide bonds. The van der Waals surface area contributed by atoms with E-state index in [2.05, 4.69) is 15.5 Å². The second-order valence-corrected chi connectivity index (χ2v) is 3.24. The minimum Gasteiger partial charge on any atom is -0.452 e. The zero-order valence-corrected chi connectivity index (χ0v) is 8.41. The fourth-order valence-electron chi connectivity index (χ4n) is 1.11. The van der Waals surface area contributed by atoms with Crippen LogP contribution in [-0.2, 0) is 6.54 Å². The Morgan fingerprint density at radius 1 is 1.67 bits per heavy atom. The largest absolute Gasteiger partial charge is 0.452 e. The van der Waals surface area contributed by atoms with E-state index in [-0.39, 0.29) is 11.1 Å². The van der Waals surface area contributed by atoms with Gasteiger partial charge in [0, 0.05) is 18.3 Å². The molecular weight excluding hydrogens is 218 g/mol. The first-order valence-electron chi connectivity index (χ1n) is 4.26. The minimum atomic E-state index is -0.269. The van der Waals surface area contributed by atoms with E-state index in [1.807, 2.05) is 0 Å². The smallest absolute Gasteiger partial charge is 0.256 e. The summed E-state index contributed by atoms with van der Waals surface area (Å²) in [6.07, 6.45) is 4.71. The summed E-state index contributed by atoms with van der Waals surface area (Å²) < 4.78 is 4.81. The number of nitrogens with one attached hydrogen (secondary N) is 2. The van der Waals surface area contributed by atoms with Gasteiger partial charge < -0.3 is 9.73 Å². The number of aromatic nitrogens is 2. The highest BCUT2D eigenvalue weighted by Gasteiger charge is 2.12. The van der Waals surface area contributed by atoms with Gasteiger partial charge in [-0.05, 0) is 17.7 Å². The van der Waals surface area contributed by atoms with Crippen molar-refractivity contribution in [3.8, 4) is 0 Å². The van der Waals surface area contributed by atoms with Gasteiger partial charge in [-0.2, -0.15) is 5.10 Å². The van der Waals surface area contributed by atoms with Gasteiger partial charge in [0.1, 0.15) is 0 Å². The second kappa shape index (κ2) is 4.18. The Hall–Kier alpha value is -1.75. The molecule has 0 spiro atoms. The van der Waals surface area contributed by atoms with E-state index in [9.17, 15) is 4.79 Å². The third-order valence-electron chi connectivity index (χ3n) is 1.87. The third kappa shape index (κ3) is 2.19. The maximum atomic E-state index is 11.5. The summed E-state index contributed by atoms with van der Waals surface area (Å²) in [5.74, 6) is -0.269. The molecule has 0 aliphatic rings. The lowest BCUT2D eigenvalue weighted by Gasteiger charge is -2.00. The molecule has 2 heterocycles. The van der Waals surface area contributed by atoms with Gasteiger partial charge in [0.05, 0.1) is 18.0 Å². The highest BCUT2D eigenvalue weighted by Crippen LogP contribution is 2.16. The standard InChI is InChI=1S/C9H8ClN3O2/c10-8-7(1-2-15-8)9(14)11-3-6-4-12-13-5-6/h1-2,4-5H,3H2,(H,11,14)(H,12,13). The molecule has 0 radical (unpaired) electrons. The molecule has 6 heteroatoms. The number of amides is 1. The molecule has 0 aromatic carbocycles. The summed E-state index contributed by atoms with van der Waals surface area (Å²) in [5.41, 5.74) is 1.23. The van der Waals surface area contributed by atoms with Crippen molar-refractivity contribution in [2.75, 3.05) is 0 Å². The summed E-state index contributed by atoms with van der Waals surface area (Å²) in [7, 11) is 0. The molecule has 2 aromatic rings. The number of furan rings is 1. The second-order valence-electron chi connectivity index (χ2n) is 2.90. The van der Waals surface area contributed by atoms with Gasteiger partial charge in [0.15, 0.2) is 0 Å². The maximum Gasteiger partial charge on any atom is 0.256 e. The van der Waals surface area contributed by atoms with Crippen LogP contribution < -0.4 is 5.32 Å². The van der Waals surface area contributed by atoms with Crippen molar-refractivity contribution in [1.82, 2.24) is 15.5 Å². The van der Waals surface area contributed by atoms with Crippen LogP contribution in [0.25, 0.3) is 0 Å². The van der Waals surface area contributed by atoms with Crippen molar-refractivity contribution in [1.29, 1.82) is 0 Å². The number of carbonyl (C=O) groups excluding carboxylic acids is 1. The van der Waals surface area contributed by atoms with Crippen molar-refractivity contribution < 1.29 is 9.21 Å². The average Bonchev–Trinajstić information content (AvgIpc) is 2.84. The third-order valence-corrected chi connectivity index (χ3v) is 2.16. The highest BCUT2D eigenvalue weighted by atomic mass is 35.5. The molecule has 0 bridgehead atoms. The summed E-state index contributed by atoms with van der Waals surface area (Å²) in [5, 5.41) is 9.20. The van der Waals surface area contributed by atoms with Crippen LogP contribution in [0.4, 0.5) is 0 Å². The van der Waals surface area contributed by atoms with E-state index in [1.165, 1.54) is 12.3 Å². The molecule has 0 atom stereocenters. The van der Waals surface area contributed by atoms with E-state index in [1.54, 1.807) is 12.4 Å². The van der Waals surface area contributed by atoms with E-state index < -0.39 is 0 Å². The fraction of sp³-hybridized carbons (Fsp3) is 0.111. The predicted octanol–water partition coefficient (Wildman–Crippen LogP) is 1.59. The quantitative estimate of drug-likeness (QED) is 0.833. The monoisotopic (exact) mass is 225 g/mol. The zero-order valence-electron chi connectivity index (χ0n) is 7.66. The Labute approximate surface area is 90.4 Å². The van der Waals surface area contributed by atoms with Crippen LogP contribution in [0.15, 0.2) is 29.1 Å². The minimum absolute atomic E-state index is 0.0969. The van der Waals surface area contributed by atoms with Gasteiger partial charge in [-0.15, -0.1) is 0 Å². The van der Waals surface area contributed by atoms with E-state index in [4.69, 9.17) is 16.0 Å². The fourth-order valence-corrected chi connectivity index (χ4v) is 1.31. The summed E-state index contributed by atoms with van der Waals surface area (Å²) in [6.45, 7) is 0.400. The Balaban J connectivity index is 1.96. The van der Waals surface area contributed by atoms with Crippen LogP contribution in [0.2, 0.25) is 5.22 Å². The first-order chi connectivity index (χ1) is 7.27. The lowest BCUT2D eigenvalue weighted by atomic mass is 10.3. The van der Waals surface area contributed by atoms with Gasteiger partial charge in [-0.25, -0.2) is 0 Å². The number of hydrogen-bond donors (Lipinski definition) is 2. The normalized spacial score (nSPS) is 10.2. The maximum absolute atomic E-state index is 11.5. The Morgan fingerprint density at radius 2 is 2.53 bits per heavy atom. The number of rotatable bonds is 3. The highest BCUT2D eigenvalue weighted by molar-refractivity contribution is 6.32. The van der Waals surface area contributed by atoms with Crippen LogP contribution in [0.1, 0.15) is 15.9 Å². The van der Waals surface area contributed by atoms with Crippen LogP contribution >= 0.6 is 11.6 Å². The molecule has 2 aromatic heterocycles. The van der Waals surface area contributed by atoms with E-state index >= 15 is 0 Å². The number of H-pyrrole nitrogens is 1. The predicted molar refractivity (Wildman–Crippen MR) is 53.5 cm³/mol. The molecule has 0 unspecified atom stereocenters. The first kappa shape index (κ1) is 9.79. The van der Waals surface area contributed by atoms with Gasteiger partial charge in [-0.1, -0.05) is 0 Å². The van der Waals surface area contributed by atoms with Crippen molar-refractivity contribution in [2.24, 2.45) is 0 Å². The molecule has 0 aliphatic heterocycles. The number of aromatic amines is 1.